The fourth-order valence-corrected chi connectivity index (χ4v) is 3.04. The van der Waals surface area contributed by atoms with Crippen molar-refractivity contribution in [3.63, 3.8) is 0 Å². The predicted molar refractivity (Wildman–Crippen MR) is 123 cm³/mol. The van der Waals surface area contributed by atoms with Gasteiger partial charge in [-0.1, -0.05) is 12.1 Å². The number of anilines is 1. The van der Waals surface area contributed by atoms with E-state index in [1.807, 2.05) is 56.9 Å². The number of guanidine groups is 1. The van der Waals surface area contributed by atoms with Crippen LogP contribution in [-0.2, 0) is 11.3 Å². The third-order valence-electron chi connectivity index (χ3n) is 4.42. The summed E-state index contributed by atoms with van der Waals surface area (Å²) in [5, 5.41) is 12.0. The Hall–Kier alpha value is -2.97. The van der Waals surface area contributed by atoms with Gasteiger partial charge >= 0.3 is 12.1 Å². The molecule has 0 unspecified atom stereocenters. The number of carbonyl (C=O) groups is 2. The van der Waals surface area contributed by atoms with E-state index in [1.54, 1.807) is 0 Å². The van der Waals surface area contributed by atoms with E-state index in [9.17, 15) is 9.59 Å². The smallest absolute Gasteiger partial charge is 0.407 e. The average molecular weight is 433 g/mol. The van der Waals surface area contributed by atoms with E-state index < -0.39 is 11.7 Å². The molecule has 9 nitrogen and oxygen atoms in total. The first-order valence-electron chi connectivity index (χ1n) is 10.9. The summed E-state index contributed by atoms with van der Waals surface area (Å²) in [6.07, 6.45) is 1.69. The summed E-state index contributed by atoms with van der Waals surface area (Å²) in [5.74, 6) is 0.653. The largest absolute Gasteiger partial charge is 0.444 e. The van der Waals surface area contributed by atoms with Crippen molar-refractivity contribution in [1.82, 2.24) is 20.9 Å². The normalized spacial score (nSPS) is 14.2. The minimum absolute atomic E-state index is 0.0503. The summed E-state index contributed by atoms with van der Waals surface area (Å²) in [5.41, 5.74) is 1.24. The monoisotopic (exact) mass is 432 g/mol. The van der Waals surface area contributed by atoms with Crippen LogP contribution in [0.2, 0.25) is 0 Å². The molecular formula is C22H36N6O3. The molecule has 0 aromatic heterocycles. The summed E-state index contributed by atoms with van der Waals surface area (Å²) in [7, 11) is 0. The standard InChI is InChI=1S/C22H36N6O3/c1-5-23-19(24-11-12-25-21(30)31-22(2,3)4)26-16-17-9-8-10-18(15-17)27-20(29)28-13-6-7-14-28/h8-10,15H,5-7,11-14,16H2,1-4H3,(H,25,30)(H,27,29)(H2,23,24,26). The number of amides is 3. The van der Waals surface area contributed by atoms with Crippen molar-refractivity contribution in [2.24, 2.45) is 4.99 Å². The van der Waals surface area contributed by atoms with Gasteiger partial charge in [0.1, 0.15) is 5.60 Å². The zero-order valence-electron chi connectivity index (χ0n) is 19.1. The molecule has 1 aliphatic rings. The van der Waals surface area contributed by atoms with Crippen LogP contribution in [0.15, 0.2) is 29.3 Å². The number of carbonyl (C=O) groups excluding carboxylic acids is 2. The zero-order valence-corrected chi connectivity index (χ0v) is 19.1. The number of ether oxygens (including phenoxy) is 1. The molecule has 1 aromatic rings. The highest BCUT2D eigenvalue weighted by molar-refractivity contribution is 5.89. The molecular weight excluding hydrogens is 396 g/mol. The lowest BCUT2D eigenvalue weighted by Gasteiger charge is -2.20. The molecule has 2 rings (SSSR count). The molecule has 3 amide bonds. The Morgan fingerprint density at radius 1 is 1.10 bits per heavy atom. The Kier molecular flexibility index (Phi) is 9.42. The van der Waals surface area contributed by atoms with Gasteiger partial charge in [0.2, 0.25) is 0 Å². The van der Waals surface area contributed by atoms with Crippen molar-refractivity contribution >= 4 is 23.8 Å². The molecule has 0 aliphatic carbocycles. The minimum atomic E-state index is -0.517. The molecule has 172 valence electrons. The summed E-state index contributed by atoms with van der Waals surface area (Å²) < 4.78 is 5.21. The molecule has 4 N–H and O–H groups in total. The topological polar surface area (TPSA) is 107 Å². The molecule has 0 spiro atoms. The Labute approximate surface area is 185 Å². The van der Waals surface area contributed by atoms with Gasteiger partial charge in [0.05, 0.1) is 6.54 Å². The van der Waals surface area contributed by atoms with Crippen LogP contribution in [0.4, 0.5) is 15.3 Å². The quantitative estimate of drug-likeness (QED) is 0.301. The molecule has 9 heteroatoms. The third-order valence-corrected chi connectivity index (χ3v) is 4.42. The van der Waals surface area contributed by atoms with Gasteiger partial charge in [-0.3, -0.25) is 0 Å². The summed E-state index contributed by atoms with van der Waals surface area (Å²) >= 11 is 0. The van der Waals surface area contributed by atoms with E-state index in [0.717, 1.165) is 43.7 Å². The highest BCUT2D eigenvalue weighted by atomic mass is 16.6. The van der Waals surface area contributed by atoms with Gasteiger partial charge in [-0.15, -0.1) is 0 Å². The van der Waals surface area contributed by atoms with Gasteiger partial charge in [-0.2, -0.15) is 0 Å². The first-order valence-corrected chi connectivity index (χ1v) is 10.9. The average Bonchev–Trinajstić information content (AvgIpc) is 3.23. The fourth-order valence-electron chi connectivity index (χ4n) is 3.04. The number of aliphatic imine (C=N–C) groups is 1. The lowest BCUT2D eigenvalue weighted by molar-refractivity contribution is 0.0529. The Bertz CT molecular complexity index is 754. The maximum atomic E-state index is 12.3. The lowest BCUT2D eigenvalue weighted by atomic mass is 10.2. The van der Waals surface area contributed by atoms with Gasteiger partial charge in [0.25, 0.3) is 0 Å². The molecule has 1 heterocycles. The van der Waals surface area contributed by atoms with Crippen molar-refractivity contribution in [3.05, 3.63) is 29.8 Å². The van der Waals surface area contributed by atoms with Crippen molar-refractivity contribution in [1.29, 1.82) is 0 Å². The first kappa shape index (κ1) is 24.3. The first-order chi connectivity index (χ1) is 14.8. The number of hydrogen-bond donors (Lipinski definition) is 4. The molecule has 1 saturated heterocycles. The number of urea groups is 1. The van der Waals surface area contributed by atoms with Crippen LogP contribution in [0, 0.1) is 0 Å². The van der Waals surface area contributed by atoms with Crippen LogP contribution < -0.4 is 21.3 Å². The molecule has 1 fully saturated rings. The number of benzene rings is 1. The van der Waals surface area contributed by atoms with Gasteiger partial charge in [-0.25, -0.2) is 14.6 Å². The molecule has 0 radical (unpaired) electrons. The number of nitrogens with zero attached hydrogens (tertiary/aromatic N) is 2. The SMILES string of the molecule is CCNC(=NCc1cccc(NC(=O)N2CCCC2)c1)NCCNC(=O)OC(C)(C)C. The summed E-state index contributed by atoms with van der Waals surface area (Å²) in [6.45, 7) is 11.2. The van der Waals surface area contributed by atoms with Crippen molar-refractivity contribution in [3.8, 4) is 0 Å². The molecule has 1 aliphatic heterocycles. The molecule has 0 saturated carbocycles. The van der Waals surface area contributed by atoms with Gasteiger partial charge in [-0.05, 0) is 58.2 Å². The number of likely N-dealkylation sites (tertiary alicyclic amines) is 1. The highest BCUT2D eigenvalue weighted by Crippen LogP contribution is 2.14. The van der Waals surface area contributed by atoms with Crippen molar-refractivity contribution in [2.75, 3.05) is 38.0 Å². The molecule has 0 atom stereocenters. The number of hydrogen-bond acceptors (Lipinski definition) is 4. The second kappa shape index (κ2) is 12.0. The van der Waals surface area contributed by atoms with Crippen LogP contribution >= 0.6 is 0 Å². The maximum absolute atomic E-state index is 12.3. The zero-order chi connectivity index (χ0) is 22.7. The fraction of sp³-hybridized carbons (Fsp3) is 0.591. The van der Waals surface area contributed by atoms with Crippen LogP contribution in [0.3, 0.4) is 0 Å². The second-order valence-electron chi connectivity index (χ2n) is 8.38. The van der Waals surface area contributed by atoms with Crippen LogP contribution in [0.1, 0.15) is 46.1 Å². The Balaban J connectivity index is 1.82. The van der Waals surface area contributed by atoms with Crippen LogP contribution in [-0.4, -0.2) is 61.3 Å². The molecule has 31 heavy (non-hydrogen) atoms. The van der Waals surface area contributed by atoms with Gasteiger partial charge in [0.15, 0.2) is 5.96 Å². The van der Waals surface area contributed by atoms with E-state index >= 15 is 0 Å². The van der Waals surface area contributed by atoms with Crippen molar-refractivity contribution < 1.29 is 14.3 Å². The molecule has 1 aromatic carbocycles. The highest BCUT2D eigenvalue weighted by Gasteiger charge is 2.18. The number of rotatable bonds is 7. The lowest BCUT2D eigenvalue weighted by Crippen LogP contribution is -2.42. The number of alkyl carbamates (subject to hydrolysis) is 1. The third kappa shape index (κ3) is 9.59. The predicted octanol–water partition coefficient (Wildman–Crippen LogP) is 2.89. The van der Waals surface area contributed by atoms with Crippen LogP contribution in [0.25, 0.3) is 0 Å². The van der Waals surface area contributed by atoms with Crippen LogP contribution in [0.5, 0.6) is 0 Å². The summed E-state index contributed by atoms with van der Waals surface area (Å²) in [4.78, 5) is 30.4. The second-order valence-corrected chi connectivity index (χ2v) is 8.38. The van der Waals surface area contributed by atoms with E-state index in [4.69, 9.17) is 4.74 Å². The van der Waals surface area contributed by atoms with E-state index in [-0.39, 0.29) is 6.03 Å². The van der Waals surface area contributed by atoms with Gasteiger partial charge in [0, 0.05) is 38.4 Å². The van der Waals surface area contributed by atoms with Gasteiger partial charge < -0.3 is 30.9 Å². The van der Waals surface area contributed by atoms with E-state index in [1.165, 1.54) is 0 Å². The minimum Gasteiger partial charge on any atom is -0.444 e. The summed E-state index contributed by atoms with van der Waals surface area (Å²) in [6, 6.07) is 7.65. The van der Waals surface area contributed by atoms with E-state index in [2.05, 4.69) is 26.3 Å². The maximum Gasteiger partial charge on any atom is 0.407 e. The Morgan fingerprint density at radius 2 is 1.81 bits per heavy atom. The number of nitrogens with one attached hydrogen (secondary N) is 4. The molecule has 0 bridgehead atoms. The van der Waals surface area contributed by atoms with Crippen molar-refractivity contribution in [2.45, 2.75) is 52.7 Å². The Morgan fingerprint density at radius 3 is 2.48 bits per heavy atom. The van der Waals surface area contributed by atoms with E-state index in [0.29, 0.717) is 25.6 Å².